The summed E-state index contributed by atoms with van der Waals surface area (Å²) < 4.78 is 9.33. The first-order valence-corrected chi connectivity index (χ1v) is 2.88. The summed E-state index contributed by atoms with van der Waals surface area (Å²) in [6.45, 7) is 7.25. The lowest BCUT2D eigenvalue weighted by atomic mass is 10.5. The molecule has 0 aromatic rings. The average Bonchev–Trinajstić information content (AvgIpc) is 1.97. The van der Waals surface area contributed by atoms with Gasteiger partial charge in [-0.1, -0.05) is 19.1 Å². The van der Waals surface area contributed by atoms with E-state index in [9.17, 15) is 0 Å². The predicted molar refractivity (Wildman–Crippen MR) is 39.8 cm³/mol. The van der Waals surface area contributed by atoms with E-state index in [1.165, 1.54) is 12.5 Å². The third kappa shape index (κ3) is 6.64. The Balaban J connectivity index is 3.10. The summed E-state index contributed by atoms with van der Waals surface area (Å²) in [6, 6.07) is 0. The molecule has 0 aromatic carbocycles. The topological polar surface area (TPSA) is 18.5 Å². The fourth-order valence-electron chi connectivity index (χ4n) is 0.328. The van der Waals surface area contributed by atoms with Crippen LogP contribution >= 0.6 is 0 Å². The summed E-state index contributed by atoms with van der Waals surface area (Å²) in [4.78, 5) is 0. The normalized spacial score (nSPS) is 6.80. The molecule has 0 radical (unpaired) electrons. The Morgan fingerprint density at radius 3 is 2.70 bits per heavy atom. The van der Waals surface area contributed by atoms with Gasteiger partial charge in [-0.05, 0) is 0 Å². The highest BCUT2D eigenvalue weighted by Crippen LogP contribution is 1.79. The van der Waals surface area contributed by atoms with Crippen molar-refractivity contribution in [3.63, 3.8) is 0 Å². The van der Waals surface area contributed by atoms with E-state index in [1.807, 2.05) is 0 Å². The monoisotopic (exact) mass is 138 g/mol. The van der Waals surface area contributed by atoms with Crippen molar-refractivity contribution in [1.82, 2.24) is 0 Å². The van der Waals surface area contributed by atoms with Gasteiger partial charge < -0.3 is 9.47 Å². The van der Waals surface area contributed by atoms with Crippen LogP contribution < -0.4 is 0 Å². The summed E-state index contributed by atoms with van der Waals surface area (Å²) in [5, 5.41) is 0. The van der Waals surface area contributed by atoms with Crippen molar-refractivity contribution in [3.05, 3.63) is 25.7 Å². The summed E-state index contributed by atoms with van der Waals surface area (Å²) in [5.74, 6) is 2.70. The van der Waals surface area contributed by atoms with Crippen molar-refractivity contribution in [2.45, 2.75) is 6.42 Å². The zero-order valence-electron chi connectivity index (χ0n) is 5.80. The van der Waals surface area contributed by atoms with Crippen molar-refractivity contribution < 1.29 is 9.47 Å². The molecule has 2 nitrogen and oxygen atoms in total. The van der Waals surface area contributed by atoms with Crippen LogP contribution in [-0.4, -0.2) is 6.61 Å². The van der Waals surface area contributed by atoms with Crippen LogP contribution in [0.5, 0.6) is 0 Å². The van der Waals surface area contributed by atoms with Gasteiger partial charge in [-0.3, -0.25) is 0 Å². The lowest BCUT2D eigenvalue weighted by Crippen LogP contribution is -1.82. The minimum atomic E-state index is 0.553. The Bertz CT molecular complexity index is 150. The quantitative estimate of drug-likeness (QED) is 0.334. The average molecular weight is 138 g/mol. The van der Waals surface area contributed by atoms with Crippen molar-refractivity contribution >= 4 is 0 Å². The zero-order valence-corrected chi connectivity index (χ0v) is 5.80. The van der Waals surface area contributed by atoms with Crippen molar-refractivity contribution in [2.75, 3.05) is 6.61 Å². The molecule has 2 heteroatoms. The third-order valence-electron chi connectivity index (χ3n) is 0.677. The van der Waals surface area contributed by atoms with E-state index in [0.29, 0.717) is 13.0 Å². The molecule has 0 fully saturated rings. The van der Waals surface area contributed by atoms with Crippen LogP contribution in [0.1, 0.15) is 6.42 Å². The van der Waals surface area contributed by atoms with E-state index in [-0.39, 0.29) is 0 Å². The minimum absolute atomic E-state index is 0.553. The Morgan fingerprint density at radius 1 is 1.30 bits per heavy atom. The van der Waals surface area contributed by atoms with Crippen molar-refractivity contribution in [2.24, 2.45) is 0 Å². The second-order valence-corrected chi connectivity index (χ2v) is 1.35. The van der Waals surface area contributed by atoms with Crippen molar-refractivity contribution in [3.8, 4) is 12.0 Å². The highest BCUT2D eigenvalue weighted by Gasteiger charge is 1.75. The molecule has 0 aliphatic rings. The van der Waals surface area contributed by atoms with Gasteiger partial charge in [0.15, 0.2) is 0 Å². The highest BCUT2D eigenvalue weighted by atomic mass is 16.5. The molecule has 0 spiro atoms. The SMILES string of the molecule is C=COC#CCCOC=C. The number of ether oxygens (including phenoxy) is 2. The smallest absolute Gasteiger partial charge is 0.115 e. The molecule has 0 heterocycles. The maximum atomic E-state index is 4.79. The molecule has 0 amide bonds. The van der Waals surface area contributed by atoms with Crippen LogP contribution in [0.2, 0.25) is 0 Å². The van der Waals surface area contributed by atoms with Crippen LogP contribution in [0.25, 0.3) is 0 Å². The molecule has 10 heavy (non-hydrogen) atoms. The fraction of sp³-hybridized carbons (Fsp3) is 0.250. The first-order valence-electron chi connectivity index (χ1n) is 2.88. The van der Waals surface area contributed by atoms with Gasteiger partial charge in [0.05, 0.1) is 19.1 Å². The largest absolute Gasteiger partial charge is 0.501 e. The molecular weight excluding hydrogens is 128 g/mol. The van der Waals surface area contributed by atoms with Crippen molar-refractivity contribution in [1.29, 1.82) is 0 Å². The molecule has 0 aliphatic carbocycles. The van der Waals surface area contributed by atoms with Crippen LogP contribution in [-0.2, 0) is 9.47 Å². The Hall–Kier alpha value is -1.36. The van der Waals surface area contributed by atoms with Gasteiger partial charge in [-0.25, -0.2) is 0 Å². The second kappa shape index (κ2) is 7.64. The van der Waals surface area contributed by atoms with Crippen LogP contribution in [0.3, 0.4) is 0 Å². The van der Waals surface area contributed by atoms with E-state index in [4.69, 9.17) is 4.74 Å². The van der Waals surface area contributed by atoms with Crippen LogP contribution in [0.4, 0.5) is 0 Å². The minimum Gasteiger partial charge on any atom is -0.501 e. The van der Waals surface area contributed by atoms with Gasteiger partial charge in [0, 0.05) is 6.42 Å². The summed E-state index contributed by atoms with van der Waals surface area (Å²) in [6.07, 6.45) is 5.71. The van der Waals surface area contributed by atoms with E-state index < -0.39 is 0 Å². The van der Waals surface area contributed by atoms with E-state index >= 15 is 0 Å². The third-order valence-corrected chi connectivity index (χ3v) is 0.677. The Kier molecular flexibility index (Phi) is 6.60. The van der Waals surface area contributed by atoms with E-state index in [0.717, 1.165) is 0 Å². The number of rotatable bonds is 4. The van der Waals surface area contributed by atoms with Crippen LogP contribution in [0.15, 0.2) is 25.7 Å². The highest BCUT2D eigenvalue weighted by molar-refractivity contribution is 4.92. The summed E-state index contributed by atoms with van der Waals surface area (Å²) in [7, 11) is 0. The van der Waals surface area contributed by atoms with E-state index in [1.54, 1.807) is 0 Å². The van der Waals surface area contributed by atoms with Crippen LogP contribution in [0, 0.1) is 12.0 Å². The molecular formula is C8H10O2. The second-order valence-electron chi connectivity index (χ2n) is 1.35. The maximum Gasteiger partial charge on any atom is 0.115 e. The fourth-order valence-corrected chi connectivity index (χ4v) is 0.328. The first kappa shape index (κ1) is 8.64. The molecule has 0 rings (SSSR count). The van der Waals surface area contributed by atoms with Gasteiger partial charge in [0.1, 0.15) is 6.11 Å². The first-order chi connectivity index (χ1) is 4.91. The molecule has 0 saturated heterocycles. The number of hydrogen-bond donors (Lipinski definition) is 0. The lowest BCUT2D eigenvalue weighted by Gasteiger charge is -1.90. The van der Waals surface area contributed by atoms with E-state index in [2.05, 4.69) is 29.9 Å². The van der Waals surface area contributed by atoms with Gasteiger partial charge in [-0.2, -0.15) is 0 Å². The lowest BCUT2D eigenvalue weighted by molar-refractivity contribution is 0.259. The molecule has 0 atom stereocenters. The molecule has 0 aromatic heterocycles. The molecule has 0 aliphatic heterocycles. The van der Waals surface area contributed by atoms with Gasteiger partial charge in [-0.15, -0.1) is 0 Å². The summed E-state index contributed by atoms with van der Waals surface area (Å²) in [5.41, 5.74) is 0. The Morgan fingerprint density at radius 2 is 2.10 bits per heavy atom. The van der Waals surface area contributed by atoms with Gasteiger partial charge in [0.25, 0.3) is 0 Å². The molecule has 0 bridgehead atoms. The number of hydrogen-bond acceptors (Lipinski definition) is 2. The summed E-state index contributed by atoms with van der Waals surface area (Å²) >= 11 is 0. The maximum absolute atomic E-state index is 4.79. The predicted octanol–water partition coefficient (Wildman–Crippen LogP) is 1.66. The standard InChI is InChI=1S/C8H10O2/c1-3-9-7-5-6-8-10-4-2/h3-4H,1-2,5,7H2. The molecule has 54 valence electrons. The van der Waals surface area contributed by atoms with Gasteiger partial charge >= 0.3 is 0 Å². The van der Waals surface area contributed by atoms with Gasteiger partial charge in [0.2, 0.25) is 0 Å². The molecule has 0 unspecified atom stereocenters. The molecule has 0 saturated carbocycles. The molecule has 0 N–H and O–H groups in total. The zero-order chi connectivity index (χ0) is 7.66. The Labute approximate surface area is 61.1 Å².